The summed E-state index contributed by atoms with van der Waals surface area (Å²) in [6, 6.07) is 2.66. The molecule has 1 aromatic heterocycles. The molecule has 3 amide bonds. The predicted molar refractivity (Wildman–Crippen MR) is 94.6 cm³/mol. The minimum atomic E-state index is -0.465. The van der Waals surface area contributed by atoms with Gasteiger partial charge in [-0.05, 0) is 41.9 Å². The number of rotatable bonds is 6. The number of halogens is 1. The molecule has 1 aliphatic rings. The maximum atomic E-state index is 12.5. The van der Waals surface area contributed by atoms with E-state index in [0.717, 1.165) is 0 Å². The Morgan fingerprint density at radius 1 is 1.38 bits per heavy atom. The summed E-state index contributed by atoms with van der Waals surface area (Å²) in [5, 5.41) is 2.53. The Morgan fingerprint density at radius 3 is 2.67 bits per heavy atom. The van der Waals surface area contributed by atoms with Gasteiger partial charge in [0.2, 0.25) is 11.8 Å². The van der Waals surface area contributed by atoms with Gasteiger partial charge in [0.15, 0.2) is 10.4 Å². The van der Waals surface area contributed by atoms with Gasteiger partial charge in [-0.15, -0.1) is 11.8 Å². The van der Waals surface area contributed by atoms with Gasteiger partial charge < -0.3 is 19.5 Å². The van der Waals surface area contributed by atoms with E-state index < -0.39 is 11.9 Å². The second-order valence-corrected chi connectivity index (χ2v) is 6.96. The Bertz CT molecular complexity index is 618. The first kappa shape index (κ1) is 18.9. The van der Waals surface area contributed by atoms with E-state index in [2.05, 4.69) is 21.2 Å². The fourth-order valence-corrected chi connectivity index (χ4v) is 3.90. The molecule has 9 heteroatoms. The molecule has 0 aromatic carbocycles. The van der Waals surface area contributed by atoms with E-state index in [0.29, 0.717) is 29.4 Å². The van der Waals surface area contributed by atoms with Crippen molar-refractivity contribution in [2.24, 2.45) is 0 Å². The number of hydrogen-bond donors (Lipinski definition) is 1. The standard InChI is InChI=1S/C15H20BrN3O4S/c1-3-18(4-2)15(22)10-8-24-9-19(10)13(20)7-17-14(21)11-5-6-12(16)23-11/h5-6,10H,3-4,7-9H2,1-2H3,(H,17,21)/t10-/m0/s1. The van der Waals surface area contributed by atoms with Gasteiger partial charge in [-0.3, -0.25) is 14.4 Å². The van der Waals surface area contributed by atoms with Gasteiger partial charge >= 0.3 is 0 Å². The Kier molecular flexibility index (Phi) is 6.73. The highest BCUT2D eigenvalue weighted by Gasteiger charge is 2.36. The highest BCUT2D eigenvalue weighted by atomic mass is 79.9. The van der Waals surface area contributed by atoms with Crippen LogP contribution in [0.1, 0.15) is 24.4 Å². The van der Waals surface area contributed by atoms with Crippen LogP contribution in [0.25, 0.3) is 0 Å². The molecule has 0 radical (unpaired) electrons. The fraction of sp³-hybridized carbons (Fsp3) is 0.533. The Morgan fingerprint density at radius 2 is 2.08 bits per heavy atom. The fourth-order valence-electron chi connectivity index (χ4n) is 2.42. The quantitative estimate of drug-likeness (QED) is 0.758. The maximum absolute atomic E-state index is 12.5. The predicted octanol–water partition coefficient (Wildman–Crippen LogP) is 1.54. The van der Waals surface area contributed by atoms with Crippen LogP contribution < -0.4 is 5.32 Å². The van der Waals surface area contributed by atoms with Crippen LogP contribution in [0.5, 0.6) is 0 Å². The van der Waals surface area contributed by atoms with Crippen LogP contribution >= 0.6 is 27.7 Å². The summed E-state index contributed by atoms with van der Waals surface area (Å²) in [5.41, 5.74) is 0. The molecule has 1 aromatic rings. The lowest BCUT2D eigenvalue weighted by Gasteiger charge is -2.28. The molecular formula is C15H20BrN3O4S. The molecule has 1 fully saturated rings. The molecule has 2 heterocycles. The van der Waals surface area contributed by atoms with E-state index in [9.17, 15) is 14.4 Å². The average Bonchev–Trinajstić information content (AvgIpc) is 3.22. The number of nitrogens with zero attached hydrogens (tertiary/aromatic N) is 2. The zero-order valence-electron chi connectivity index (χ0n) is 13.6. The number of carbonyl (C=O) groups excluding carboxylic acids is 3. The van der Waals surface area contributed by atoms with Crippen molar-refractivity contribution in [2.45, 2.75) is 19.9 Å². The molecule has 1 saturated heterocycles. The van der Waals surface area contributed by atoms with Crippen LogP contribution in [0.2, 0.25) is 0 Å². The third kappa shape index (κ3) is 4.32. The van der Waals surface area contributed by atoms with Gasteiger partial charge in [-0.2, -0.15) is 0 Å². The van der Waals surface area contributed by atoms with Crippen molar-refractivity contribution in [1.29, 1.82) is 0 Å². The van der Waals surface area contributed by atoms with Gasteiger partial charge in [0.05, 0.1) is 12.4 Å². The molecule has 0 unspecified atom stereocenters. The number of carbonyl (C=O) groups is 3. The monoisotopic (exact) mass is 417 g/mol. The first-order chi connectivity index (χ1) is 11.5. The van der Waals surface area contributed by atoms with E-state index in [1.54, 1.807) is 11.0 Å². The lowest BCUT2D eigenvalue weighted by atomic mass is 10.2. The van der Waals surface area contributed by atoms with Crippen molar-refractivity contribution in [2.75, 3.05) is 31.3 Å². The molecule has 1 aliphatic heterocycles. The van der Waals surface area contributed by atoms with Crippen molar-refractivity contribution in [3.8, 4) is 0 Å². The molecule has 1 atom stereocenters. The number of amides is 3. The largest absolute Gasteiger partial charge is 0.444 e. The molecule has 1 N–H and O–H groups in total. The normalized spacial score (nSPS) is 17.0. The van der Waals surface area contributed by atoms with Gasteiger partial charge in [-0.1, -0.05) is 0 Å². The number of likely N-dealkylation sites (N-methyl/N-ethyl adjacent to an activating group) is 1. The third-order valence-corrected chi connectivity index (χ3v) is 5.20. The number of furan rings is 1. The summed E-state index contributed by atoms with van der Waals surface area (Å²) in [6.07, 6.45) is 0. The zero-order chi connectivity index (χ0) is 17.7. The van der Waals surface area contributed by atoms with Crippen molar-refractivity contribution in [1.82, 2.24) is 15.1 Å². The van der Waals surface area contributed by atoms with Crippen LogP contribution in [0, 0.1) is 0 Å². The van der Waals surface area contributed by atoms with Gasteiger partial charge in [0, 0.05) is 18.8 Å². The number of hydrogen-bond acceptors (Lipinski definition) is 5. The van der Waals surface area contributed by atoms with Crippen LogP contribution in [0.4, 0.5) is 0 Å². The molecule has 0 bridgehead atoms. The van der Waals surface area contributed by atoms with E-state index in [-0.39, 0.29) is 24.1 Å². The Labute approximate surface area is 153 Å². The van der Waals surface area contributed by atoms with Crippen LogP contribution in [-0.4, -0.2) is 64.8 Å². The van der Waals surface area contributed by atoms with Crippen molar-refractivity contribution in [3.63, 3.8) is 0 Å². The van der Waals surface area contributed by atoms with Crippen molar-refractivity contribution >= 4 is 45.4 Å². The maximum Gasteiger partial charge on any atom is 0.287 e. The van der Waals surface area contributed by atoms with Gasteiger partial charge in [0.1, 0.15) is 6.04 Å². The summed E-state index contributed by atoms with van der Waals surface area (Å²) in [6.45, 7) is 4.89. The summed E-state index contributed by atoms with van der Waals surface area (Å²) in [5.74, 6) is 0.386. The first-order valence-electron chi connectivity index (χ1n) is 7.67. The number of thioether (sulfide) groups is 1. The number of nitrogens with one attached hydrogen (secondary N) is 1. The van der Waals surface area contributed by atoms with E-state index in [4.69, 9.17) is 4.42 Å². The molecular weight excluding hydrogens is 398 g/mol. The SMILES string of the molecule is CCN(CC)C(=O)[C@@H]1CSCN1C(=O)CNC(=O)c1ccc(Br)o1. The van der Waals surface area contributed by atoms with Crippen LogP contribution in [-0.2, 0) is 9.59 Å². The summed E-state index contributed by atoms with van der Waals surface area (Å²) in [4.78, 5) is 40.0. The highest BCUT2D eigenvalue weighted by Crippen LogP contribution is 2.22. The van der Waals surface area contributed by atoms with E-state index in [1.165, 1.54) is 22.7 Å². The second-order valence-electron chi connectivity index (χ2n) is 5.18. The van der Waals surface area contributed by atoms with Crippen molar-refractivity contribution < 1.29 is 18.8 Å². The van der Waals surface area contributed by atoms with E-state index >= 15 is 0 Å². The summed E-state index contributed by atoms with van der Waals surface area (Å²) >= 11 is 4.66. The third-order valence-electron chi connectivity index (χ3n) is 3.76. The van der Waals surface area contributed by atoms with E-state index in [1.807, 2.05) is 13.8 Å². The van der Waals surface area contributed by atoms with Crippen LogP contribution in [0.3, 0.4) is 0 Å². The molecule has 24 heavy (non-hydrogen) atoms. The second kappa shape index (κ2) is 8.57. The Balaban J connectivity index is 1.93. The minimum Gasteiger partial charge on any atom is -0.444 e. The smallest absolute Gasteiger partial charge is 0.287 e. The zero-order valence-corrected chi connectivity index (χ0v) is 16.0. The first-order valence-corrected chi connectivity index (χ1v) is 9.62. The summed E-state index contributed by atoms with van der Waals surface area (Å²) in [7, 11) is 0. The van der Waals surface area contributed by atoms with Gasteiger partial charge in [-0.25, -0.2) is 0 Å². The van der Waals surface area contributed by atoms with Gasteiger partial charge in [0.25, 0.3) is 5.91 Å². The molecule has 0 aliphatic carbocycles. The molecule has 2 rings (SSSR count). The average molecular weight is 418 g/mol. The topological polar surface area (TPSA) is 82.9 Å². The lowest BCUT2D eigenvalue weighted by molar-refractivity contribution is -0.142. The highest BCUT2D eigenvalue weighted by molar-refractivity contribution is 9.10. The minimum absolute atomic E-state index is 0.0420. The van der Waals surface area contributed by atoms with Crippen LogP contribution in [0.15, 0.2) is 21.2 Å². The lowest BCUT2D eigenvalue weighted by Crippen LogP contribution is -2.51. The summed E-state index contributed by atoms with van der Waals surface area (Å²) < 4.78 is 5.58. The molecule has 0 spiro atoms. The Hall–Kier alpha value is -1.48. The van der Waals surface area contributed by atoms with Crippen molar-refractivity contribution in [3.05, 3.63) is 22.6 Å². The molecule has 132 valence electrons. The molecule has 7 nitrogen and oxygen atoms in total. The molecule has 0 saturated carbocycles.